The van der Waals surface area contributed by atoms with Crippen molar-refractivity contribution in [1.29, 1.82) is 0 Å². The summed E-state index contributed by atoms with van der Waals surface area (Å²) in [5.74, 6) is -0.221. The monoisotopic (exact) mass is 261 g/mol. The predicted molar refractivity (Wildman–Crippen MR) is 80.0 cm³/mol. The van der Waals surface area contributed by atoms with E-state index in [-0.39, 0.29) is 5.91 Å². The molecule has 2 N–H and O–H groups in total. The largest absolute Gasteiger partial charge is 0.309 e. The van der Waals surface area contributed by atoms with Crippen molar-refractivity contribution < 1.29 is 4.79 Å². The summed E-state index contributed by atoms with van der Waals surface area (Å²) in [5, 5.41) is 7.51. The predicted octanol–water partition coefficient (Wildman–Crippen LogP) is 2.31. The van der Waals surface area contributed by atoms with Crippen LogP contribution in [0.3, 0.4) is 0 Å². The van der Waals surface area contributed by atoms with E-state index >= 15 is 0 Å². The summed E-state index contributed by atoms with van der Waals surface area (Å²) in [5.41, 5.74) is 4.41. The highest BCUT2D eigenvalue weighted by molar-refractivity contribution is 5.91. The number of allylic oxidation sites excluding steroid dienone is 4. The fourth-order valence-electron chi connectivity index (χ4n) is 1.83. The van der Waals surface area contributed by atoms with E-state index in [1.54, 1.807) is 12.2 Å². The van der Waals surface area contributed by atoms with Crippen LogP contribution in [0.15, 0.2) is 41.6 Å². The van der Waals surface area contributed by atoms with Crippen LogP contribution in [0.4, 0.5) is 0 Å². The lowest BCUT2D eigenvalue weighted by atomic mass is 10.0. The van der Waals surface area contributed by atoms with Gasteiger partial charge in [-0.05, 0) is 33.2 Å². The van der Waals surface area contributed by atoms with Crippen molar-refractivity contribution in [3.05, 3.63) is 36.5 Å². The van der Waals surface area contributed by atoms with Gasteiger partial charge in [0.25, 0.3) is 5.91 Å². The molecule has 0 aliphatic carbocycles. The van der Waals surface area contributed by atoms with Crippen molar-refractivity contribution >= 4 is 11.6 Å². The fraction of sp³-hybridized carbons (Fsp3) is 0.467. The van der Waals surface area contributed by atoms with E-state index in [0.29, 0.717) is 6.04 Å². The molecular weight excluding hydrogens is 238 g/mol. The summed E-state index contributed by atoms with van der Waals surface area (Å²) in [7, 11) is 0. The molecule has 0 radical (unpaired) electrons. The SMILES string of the molecule is C=C(C)/C=C\C=C\C(=O)N/N=C(\C)C1CCCCN1. The molecule has 0 aromatic carbocycles. The Bertz CT molecular complexity index is 402. The van der Waals surface area contributed by atoms with Gasteiger partial charge in [-0.15, -0.1) is 0 Å². The molecule has 1 heterocycles. The summed E-state index contributed by atoms with van der Waals surface area (Å²) < 4.78 is 0. The summed E-state index contributed by atoms with van der Waals surface area (Å²) in [6.07, 6.45) is 10.3. The molecule has 4 nitrogen and oxygen atoms in total. The molecule has 1 rings (SSSR count). The first kappa shape index (κ1) is 15.4. The molecule has 0 spiro atoms. The van der Waals surface area contributed by atoms with Crippen LogP contribution in [0.25, 0.3) is 0 Å². The molecule has 0 bridgehead atoms. The van der Waals surface area contributed by atoms with Crippen LogP contribution in [0, 0.1) is 0 Å². The number of amides is 1. The minimum Gasteiger partial charge on any atom is -0.309 e. The van der Waals surface area contributed by atoms with Gasteiger partial charge in [0.1, 0.15) is 0 Å². The maximum atomic E-state index is 11.5. The van der Waals surface area contributed by atoms with Gasteiger partial charge in [-0.25, -0.2) is 5.43 Å². The van der Waals surface area contributed by atoms with Gasteiger partial charge in [0.05, 0.1) is 5.71 Å². The number of rotatable bonds is 5. The fourth-order valence-corrected chi connectivity index (χ4v) is 1.83. The number of carbonyl (C=O) groups excluding carboxylic acids is 1. The quantitative estimate of drug-likeness (QED) is 0.345. The summed E-state index contributed by atoms with van der Waals surface area (Å²) in [6, 6.07) is 0.293. The third kappa shape index (κ3) is 6.72. The second-order valence-electron chi connectivity index (χ2n) is 4.80. The first-order chi connectivity index (χ1) is 9.09. The van der Waals surface area contributed by atoms with Gasteiger partial charge in [-0.2, -0.15) is 5.10 Å². The van der Waals surface area contributed by atoms with Crippen LogP contribution >= 0.6 is 0 Å². The van der Waals surface area contributed by atoms with Gasteiger partial charge < -0.3 is 5.32 Å². The number of piperidine rings is 1. The molecule has 1 atom stereocenters. The van der Waals surface area contributed by atoms with Crippen molar-refractivity contribution in [2.24, 2.45) is 5.10 Å². The van der Waals surface area contributed by atoms with Crippen LogP contribution in [0.2, 0.25) is 0 Å². The van der Waals surface area contributed by atoms with E-state index < -0.39 is 0 Å². The molecular formula is C15H23N3O. The molecule has 1 amide bonds. The summed E-state index contributed by atoms with van der Waals surface area (Å²) >= 11 is 0. The highest BCUT2D eigenvalue weighted by Crippen LogP contribution is 2.07. The standard InChI is InChI=1S/C15H23N3O/c1-12(2)8-4-5-10-15(19)18-17-13(3)14-9-6-7-11-16-14/h4-5,8,10,14,16H,1,6-7,9,11H2,2-3H3,(H,18,19)/b8-4-,10-5+,17-13+. The Hall–Kier alpha value is -1.68. The Morgan fingerprint density at radius 1 is 1.32 bits per heavy atom. The Labute approximate surface area is 115 Å². The minimum atomic E-state index is -0.221. The zero-order chi connectivity index (χ0) is 14.1. The molecule has 1 unspecified atom stereocenters. The second kappa shape index (κ2) is 8.43. The highest BCUT2D eigenvalue weighted by atomic mass is 16.2. The maximum Gasteiger partial charge on any atom is 0.264 e. The number of hydrogen-bond acceptors (Lipinski definition) is 3. The van der Waals surface area contributed by atoms with Gasteiger partial charge in [0, 0.05) is 12.1 Å². The summed E-state index contributed by atoms with van der Waals surface area (Å²) in [6.45, 7) is 8.59. The average Bonchev–Trinajstić information content (AvgIpc) is 2.41. The van der Waals surface area contributed by atoms with Gasteiger partial charge in [0.2, 0.25) is 0 Å². The zero-order valence-electron chi connectivity index (χ0n) is 11.8. The van der Waals surface area contributed by atoms with E-state index in [1.165, 1.54) is 18.9 Å². The number of nitrogens with one attached hydrogen (secondary N) is 2. The first-order valence-corrected chi connectivity index (χ1v) is 6.67. The Balaban J connectivity index is 2.37. The van der Waals surface area contributed by atoms with Gasteiger partial charge in [-0.3, -0.25) is 4.79 Å². The molecule has 19 heavy (non-hydrogen) atoms. The average molecular weight is 261 g/mol. The lowest BCUT2D eigenvalue weighted by molar-refractivity contribution is -0.116. The Morgan fingerprint density at radius 2 is 2.05 bits per heavy atom. The number of hydrazone groups is 1. The second-order valence-corrected chi connectivity index (χ2v) is 4.80. The molecule has 0 aromatic rings. The third-order valence-corrected chi connectivity index (χ3v) is 2.90. The van der Waals surface area contributed by atoms with Crippen LogP contribution in [-0.2, 0) is 4.79 Å². The molecule has 0 aromatic heterocycles. The molecule has 4 heteroatoms. The molecule has 1 saturated heterocycles. The third-order valence-electron chi connectivity index (χ3n) is 2.90. The van der Waals surface area contributed by atoms with Crippen molar-refractivity contribution in [2.75, 3.05) is 6.54 Å². The van der Waals surface area contributed by atoms with Crippen molar-refractivity contribution in [2.45, 2.75) is 39.2 Å². The smallest absolute Gasteiger partial charge is 0.264 e. The molecule has 104 valence electrons. The number of hydrogen-bond donors (Lipinski definition) is 2. The Kier molecular flexibility index (Phi) is 6.82. The van der Waals surface area contributed by atoms with Crippen LogP contribution in [0.5, 0.6) is 0 Å². The first-order valence-electron chi connectivity index (χ1n) is 6.67. The van der Waals surface area contributed by atoms with E-state index in [9.17, 15) is 4.79 Å². The van der Waals surface area contributed by atoms with Crippen LogP contribution in [-0.4, -0.2) is 24.2 Å². The molecule has 1 aliphatic rings. The van der Waals surface area contributed by atoms with Gasteiger partial charge >= 0.3 is 0 Å². The number of carbonyl (C=O) groups is 1. The minimum absolute atomic E-state index is 0.221. The maximum absolute atomic E-state index is 11.5. The molecule has 1 aliphatic heterocycles. The molecule has 1 fully saturated rings. The van der Waals surface area contributed by atoms with E-state index in [0.717, 1.165) is 24.3 Å². The van der Waals surface area contributed by atoms with Crippen molar-refractivity contribution in [3.63, 3.8) is 0 Å². The normalized spacial score (nSPS) is 20.9. The van der Waals surface area contributed by atoms with Gasteiger partial charge in [0.15, 0.2) is 0 Å². The highest BCUT2D eigenvalue weighted by Gasteiger charge is 2.15. The van der Waals surface area contributed by atoms with Crippen molar-refractivity contribution in [1.82, 2.24) is 10.7 Å². The number of nitrogens with zero attached hydrogens (tertiary/aromatic N) is 1. The lowest BCUT2D eigenvalue weighted by Gasteiger charge is -2.22. The van der Waals surface area contributed by atoms with Gasteiger partial charge in [-0.1, -0.05) is 36.8 Å². The molecule has 0 saturated carbocycles. The van der Waals surface area contributed by atoms with E-state index in [2.05, 4.69) is 22.4 Å². The Morgan fingerprint density at radius 3 is 2.68 bits per heavy atom. The topological polar surface area (TPSA) is 53.5 Å². The zero-order valence-corrected chi connectivity index (χ0v) is 11.8. The van der Waals surface area contributed by atoms with Crippen molar-refractivity contribution in [3.8, 4) is 0 Å². The van der Waals surface area contributed by atoms with E-state index in [1.807, 2.05) is 19.9 Å². The lowest BCUT2D eigenvalue weighted by Crippen LogP contribution is -2.40. The van der Waals surface area contributed by atoms with E-state index in [4.69, 9.17) is 0 Å². The van der Waals surface area contributed by atoms with Crippen LogP contribution < -0.4 is 10.7 Å². The van der Waals surface area contributed by atoms with Crippen LogP contribution in [0.1, 0.15) is 33.1 Å². The summed E-state index contributed by atoms with van der Waals surface area (Å²) in [4.78, 5) is 11.5.